The van der Waals surface area contributed by atoms with Gasteiger partial charge in [0.2, 0.25) is 0 Å². The van der Waals surface area contributed by atoms with E-state index in [1.54, 1.807) is 0 Å². The lowest BCUT2D eigenvalue weighted by Gasteiger charge is -2.03. The van der Waals surface area contributed by atoms with Crippen molar-refractivity contribution in [1.29, 1.82) is 0 Å². The topological polar surface area (TPSA) is 68.3 Å². The van der Waals surface area contributed by atoms with Gasteiger partial charge in [0, 0.05) is 0 Å². The van der Waals surface area contributed by atoms with Gasteiger partial charge in [-0.3, -0.25) is 0 Å². The summed E-state index contributed by atoms with van der Waals surface area (Å²) in [6.07, 6.45) is 0. The summed E-state index contributed by atoms with van der Waals surface area (Å²) in [5, 5.41) is 0. The van der Waals surface area contributed by atoms with Crippen LogP contribution in [0.25, 0.3) is 0 Å². The molecule has 0 aliphatic rings. The predicted octanol–water partition coefficient (Wildman–Crippen LogP) is 0.221. The highest BCUT2D eigenvalue weighted by atomic mass is 32.3. The maximum absolute atomic E-state index is 11.9. The Morgan fingerprint density at radius 3 is 1.42 bits per heavy atom. The van der Waals surface area contributed by atoms with Gasteiger partial charge < -0.3 is 0 Å². The minimum absolute atomic E-state index is 0.976. The smallest absolute Gasteiger partial charge is 0.195 e. The van der Waals surface area contributed by atoms with Crippen molar-refractivity contribution in [2.45, 2.75) is 6.92 Å². The van der Waals surface area contributed by atoms with E-state index in [9.17, 15) is 24.6 Å². The summed E-state index contributed by atoms with van der Waals surface area (Å²) in [6.45, 7) is 1.13. The molecule has 0 radical (unpaired) electrons. The van der Waals surface area contributed by atoms with Crippen LogP contribution in [0.1, 0.15) is 6.92 Å². The largest absolute Gasteiger partial charge is 0.302 e. The fourth-order valence-corrected chi connectivity index (χ4v) is 2.47. The first-order valence-corrected chi connectivity index (χ1v) is 6.05. The highest BCUT2D eigenvalue weighted by molar-refractivity contribution is 7.87. The van der Waals surface area contributed by atoms with Gasteiger partial charge in [0.05, 0.1) is 11.5 Å². The van der Waals surface area contributed by atoms with E-state index < -0.39 is 37.9 Å². The third-order valence-corrected chi connectivity index (χ3v) is 2.90. The lowest BCUT2D eigenvalue weighted by Crippen LogP contribution is -2.17. The van der Waals surface area contributed by atoms with E-state index in [1.165, 1.54) is 0 Å². The second-order valence-corrected chi connectivity index (χ2v) is 5.34. The van der Waals surface area contributed by atoms with Crippen LogP contribution in [0.4, 0.5) is 7.77 Å². The van der Waals surface area contributed by atoms with Gasteiger partial charge in [0.25, 0.3) is 0 Å². The molecule has 0 unspecified atom stereocenters. The van der Waals surface area contributed by atoms with Gasteiger partial charge in [0.1, 0.15) is 0 Å². The maximum atomic E-state index is 11.9. The first-order valence-electron chi connectivity index (χ1n) is 2.95. The average molecular weight is 222 g/mol. The molecule has 0 heterocycles. The standard InChI is InChI=1S/C4H8F2O4S2/c1-4(2-11(5,7)8)3-12(6,9)10/h4H,2-3H2,1H3. The van der Waals surface area contributed by atoms with Crippen molar-refractivity contribution in [3.8, 4) is 0 Å². The Morgan fingerprint density at radius 2 is 1.25 bits per heavy atom. The van der Waals surface area contributed by atoms with Gasteiger partial charge >= 0.3 is 20.4 Å². The molecule has 0 aromatic carbocycles. The summed E-state index contributed by atoms with van der Waals surface area (Å²) in [7, 11) is -9.45. The Kier molecular flexibility index (Phi) is 3.58. The molecule has 74 valence electrons. The minimum Gasteiger partial charge on any atom is -0.195 e. The molecule has 0 fully saturated rings. The molecule has 0 atom stereocenters. The molecule has 0 N–H and O–H groups in total. The Bertz CT molecular complexity index is 296. The van der Waals surface area contributed by atoms with Crippen LogP contribution in [0.3, 0.4) is 0 Å². The summed E-state index contributed by atoms with van der Waals surface area (Å²) in [6, 6.07) is 0. The van der Waals surface area contributed by atoms with Gasteiger partial charge in [-0.05, 0) is 5.92 Å². The average Bonchev–Trinajstić information content (AvgIpc) is 1.49. The molecule has 12 heavy (non-hydrogen) atoms. The van der Waals surface area contributed by atoms with Gasteiger partial charge in [-0.1, -0.05) is 6.92 Å². The zero-order chi connectivity index (χ0) is 9.99. The molecule has 0 saturated heterocycles. The highest BCUT2D eigenvalue weighted by Crippen LogP contribution is 2.07. The van der Waals surface area contributed by atoms with E-state index in [-0.39, 0.29) is 0 Å². The van der Waals surface area contributed by atoms with E-state index in [4.69, 9.17) is 0 Å². The van der Waals surface area contributed by atoms with Gasteiger partial charge in [-0.15, -0.1) is 7.77 Å². The maximum Gasteiger partial charge on any atom is 0.302 e. The fraction of sp³-hybridized carbons (Fsp3) is 1.00. The molecule has 0 rings (SSSR count). The molecular formula is C4H8F2O4S2. The van der Waals surface area contributed by atoms with Crippen LogP contribution in [-0.2, 0) is 20.4 Å². The van der Waals surface area contributed by atoms with Crippen molar-refractivity contribution < 1.29 is 24.6 Å². The van der Waals surface area contributed by atoms with Crippen molar-refractivity contribution in [3.63, 3.8) is 0 Å². The molecule has 0 aromatic heterocycles. The zero-order valence-electron chi connectivity index (χ0n) is 6.20. The van der Waals surface area contributed by atoms with Crippen molar-refractivity contribution in [1.82, 2.24) is 0 Å². The second kappa shape index (κ2) is 3.65. The normalized spacial score (nSPS) is 13.7. The van der Waals surface area contributed by atoms with Crippen LogP contribution in [0.15, 0.2) is 0 Å². The van der Waals surface area contributed by atoms with Crippen molar-refractivity contribution in [2.24, 2.45) is 5.92 Å². The van der Waals surface area contributed by atoms with E-state index in [0.29, 0.717) is 0 Å². The molecular weight excluding hydrogens is 214 g/mol. The Hall–Kier alpha value is -0.240. The molecule has 0 aliphatic carbocycles. The van der Waals surface area contributed by atoms with Crippen molar-refractivity contribution in [3.05, 3.63) is 0 Å². The monoisotopic (exact) mass is 222 g/mol. The Morgan fingerprint density at radius 1 is 1.00 bits per heavy atom. The lowest BCUT2D eigenvalue weighted by atomic mass is 10.3. The molecule has 0 spiro atoms. The number of hydrogen-bond donors (Lipinski definition) is 0. The third-order valence-electron chi connectivity index (χ3n) is 0.967. The van der Waals surface area contributed by atoms with E-state index in [1.807, 2.05) is 0 Å². The molecule has 0 amide bonds. The number of rotatable bonds is 4. The van der Waals surface area contributed by atoms with Gasteiger partial charge in [-0.2, -0.15) is 16.8 Å². The Labute approximate surface area is 70.0 Å². The quantitative estimate of drug-likeness (QED) is 0.638. The highest BCUT2D eigenvalue weighted by Gasteiger charge is 2.20. The van der Waals surface area contributed by atoms with E-state index in [0.717, 1.165) is 6.92 Å². The lowest BCUT2D eigenvalue weighted by molar-refractivity contribution is 0.526. The van der Waals surface area contributed by atoms with Crippen LogP contribution in [0.2, 0.25) is 0 Å². The molecule has 8 heteroatoms. The van der Waals surface area contributed by atoms with Crippen LogP contribution >= 0.6 is 0 Å². The third kappa shape index (κ3) is 7.86. The summed E-state index contributed by atoms with van der Waals surface area (Å²) in [5.41, 5.74) is 0. The molecule has 0 aromatic rings. The Balaban J connectivity index is 4.19. The van der Waals surface area contributed by atoms with Crippen LogP contribution in [-0.4, -0.2) is 28.3 Å². The van der Waals surface area contributed by atoms with Gasteiger partial charge in [-0.25, -0.2) is 0 Å². The summed E-state index contributed by atoms with van der Waals surface area (Å²) in [4.78, 5) is 0. The van der Waals surface area contributed by atoms with E-state index >= 15 is 0 Å². The molecule has 0 bridgehead atoms. The number of halogens is 2. The molecule has 4 nitrogen and oxygen atoms in total. The van der Waals surface area contributed by atoms with E-state index in [2.05, 4.69) is 0 Å². The van der Waals surface area contributed by atoms with Crippen molar-refractivity contribution in [2.75, 3.05) is 11.5 Å². The minimum atomic E-state index is -4.73. The second-order valence-electron chi connectivity index (χ2n) is 2.52. The fourth-order valence-electron chi connectivity index (χ4n) is 0.728. The SMILES string of the molecule is CC(CS(=O)(=O)F)CS(=O)(=O)F. The summed E-state index contributed by atoms with van der Waals surface area (Å²) >= 11 is 0. The summed E-state index contributed by atoms with van der Waals surface area (Å²) in [5.74, 6) is -3.03. The van der Waals surface area contributed by atoms with Crippen LogP contribution in [0.5, 0.6) is 0 Å². The molecule has 0 saturated carbocycles. The van der Waals surface area contributed by atoms with Gasteiger partial charge in [0.15, 0.2) is 0 Å². The van der Waals surface area contributed by atoms with Crippen LogP contribution < -0.4 is 0 Å². The molecule has 0 aliphatic heterocycles. The predicted molar refractivity (Wildman–Crippen MR) is 39.0 cm³/mol. The number of hydrogen-bond acceptors (Lipinski definition) is 4. The zero-order valence-corrected chi connectivity index (χ0v) is 7.83. The van der Waals surface area contributed by atoms with Crippen molar-refractivity contribution >= 4 is 20.4 Å². The summed E-state index contributed by atoms with van der Waals surface area (Å²) < 4.78 is 63.5. The first-order chi connectivity index (χ1) is 5.10. The van der Waals surface area contributed by atoms with Crippen LogP contribution in [0, 0.1) is 5.92 Å². The first kappa shape index (κ1) is 11.8.